The lowest BCUT2D eigenvalue weighted by Gasteiger charge is -2.17. The Bertz CT molecular complexity index is 330. The Morgan fingerprint density at radius 1 is 1.18 bits per heavy atom. The third-order valence-corrected chi connectivity index (χ3v) is 2.71. The highest BCUT2D eigenvalue weighted by atomic mass is 15.0. The van der Waals surface area contributed by atoms with E-state index in [1.165, 1.54) is 0 Å². The van der Waals surface area contributed by atoms with Crippen LogP contribution in [-0.4, -0.2) is 9.55 Å². The van der Waals surface area contributed by atoms with Crippen LogP contribution in [0.1, 0.15) is 53.7 Å². The van der Waals surface area contributed by atoms with E-state index < -0.39 is 0 Å². The molecule has 0 bridgehead atoms. The minimum absolute atomic E-state index is 0.193. The number of fused-ring (bicyclic) bond motifs is 1. The van der Waals surface area contributed by atoms with Gasteiger partial charge in [-0.15, -0.1) is 0 Å². The first-order valence-electron chi connectivity index (χ1n) is 6.64. The number of aromatic nitrogens is 2. The van der Waals surface area contributed by atoms with Crippen molar-refractivity contribution in [3.05, 3.63) is 30.4 Å². The molecule has 0 aliphatic carbocycles. The van der Waals surface area contributed by atoms with Crippen molar-refractivity contribution in [2.45, 2.75) is 48.0 Å². The Labute approximate surface area is 106 Å². The zero-order valence-electron chi connectivity index (χ0n) is 12.1. The van der Waals surface area contributed by atoms with Crippen LogP contribution >= 0.6 is 0 Å². The van der Waals surface area contributed by atoms with Gasteiger partial charge in [-0.3, -0.25) is 0 Å². The molecule has 1 unspecified atom stereocenters. The first-order chi connectivity index (χ1) is 8.23. The average molecular weight is 234 g/mol. The van der Waals surface area contributed by atoms with Crippen molar-refractivity contribution in [1.82, 2.24) is 9.55 Å². The van der Waals surface area contributed by atoms with Gasteiger partial charge in [0, 0.05) is 11.6 Å². The van der Waals surface area contributed by atoms with Gasteiger partial charge in [-0.2, -0.15) is 0 Å². The predicted octanol–water partition coefficient (Wildman–Crippen LogP) is 4.85. The summed E-state index contributed by atoms with van der Waals surface area (Å²) in [6.07, 6.45) is 13.5. The second kappa shape index (κ2) is 7.88. The lowest BCUT2D eigenvalue weighted by molar-refractivity contribution is 0.535. The molecule has 1 aliphatic rings. The summed E-state index contributed by atoms with van der Waals surface area (Å²) in [6.45, 7) is 12.4. The monoisotopic (exact) mass is 234 g/mol. The Morgan fingerprint density at radius 3 is 2.41 bits per heavy atom. The van der Waals surface area contributed by atoms with Gasteiger partial charge >= 0.3 is 0 Å². The van der Waals surface area contributed by atoms with E-state index in [0.717, 1.165) is 12.1 Å². The van der Waals surface area contributed by atoms with Gasteiger partial charge in [0.1, 0.15) is 0 Å². The molecule has 0 radical (unpaired) electrons. The van der Waals surface area contributed by atoms with E-state index >= 15 is 0 Å². The average Bonchev–Trinajstić information content (AvgIpc) is 2.80. The first kappa shape index (κ1) is 15.7. The van der Waals surface area contributed by atoms with E-state index in [-0.39, 0.29) is 5.41 Å². The third kappa shape index (κ3) is 4.22. The predicted molar refractivity (Wildman–Crippen MR) is 77.7 cm³/mol. The molecule has 1 aliphatic heterocycles. The molecule has 0 saturated carbocycles. The fourth-order valence-electron chi connectivity index (χ4n) is 1.39. The summed E-state index contributed by atoms with van der Waals surface area (Å²) < 4.78 is 2.04. The first-order valence-corrected chi connectivity index (χ1v) is 6.64. The molecular weight excluding hydrogens is 208 g/mol. The molecule has 2 heterocycles. The molecule has 96 valence electrons. The summed E-state index contributed by atoms with van der Waals surface area (Å²) in [5.74, 6) is 0. The summed E-state index contributed by atoms with van der Waals surface area (Å²) in [5, 5.41) is 0. The smallest absolute Gasteiger partial charge is 0.0991 e. The molecule has 0 aromatic carbocycles. The highest BCUT2D eigenvalue weighted by Gasteiger charge is 2.16. The second-order valence-electron chi connectivity index (χ2n) is 3.73. The van der Waals surface area contributed by atoms with Gasteiger partial charge in [-0.05, 0) is 12.5 Å². The van der Waals surface area contributed by atoms with Crippen molar-refractivity contribution in [3.8, 4) is 0 Å². The van der Waals surface area contributed by atoms with Crippen LogP contribution in [0.2, 0.25) is 0 Å². The van der Waals surface area contributed by atoms with E-state index in [9.17, 15) is 0 Å². The van der Waals surface area contributed by atoms with Gasteiger partial charge in [0.2, 0.25) is 0 Å². The Morgan fingerprint density at radius 2 is 1.82 bits per heavy atom. The molecule has 2 rings (SSSR count). The van der Waals surface area contributed by atoms with Crippen LogP contribution in [0.3, 0.4) is 0 Å². The Hall–Kier alpha value is -1.31. The molecule has 17 heavy (non-hydrogen) atoms. The van der Waals surface area contributed by atoms with E-state index in [1.807, 2.05) is 44.8 Å². The highest BCUT2D eigenvalue weighted by Crippen LogP contribution is 2.28. The zero-order chi connectivity index (χ0) is 13.3. The topological polar surface area (TPSA) is 17.8 Å². The van der Waals surface area contributed by atoms with E-state index in [2.05, 4.69) is 43.3 Å². The Balaban J connectivity index is 0.000000581. The van der Waals surface area contributed by atoms with Crippen molar-refractivity contribution in [2.24, 2.45) is 5.41 Å². The van der Waals surface area contributed by atoms with E-state index in [4.69, 9.17) is 0 Å². The molecule has 0 amide bonds. The maximum Gasteiger partial charge on any atom is 0.0991 e. The van der Waals surface area contributed by atoms with Crippen molar-refractivity contribution in [2.75, 3.05) is 0 Å². The highest BCUT2D eigenvalue weighted by molar-refractivity contribution is 5.53. The second-order valence-corrected chi connectivity index (χ2v) is 3.73. The molecule has 0 saturated heterocycles. The Kier molecular flexibility index (Phi) is 7.27. The number of imidazole rings is 1. The van der Waals surface area contributed by atoms with Crippen molar-refractivity contribution in [3.63, 3.8) is 0 Å². The largest absolute Gasteiger partial charge is 0.307 e. The van der Waals surface area contributed by atoms with Crippen molar-refractivity contribution in [1.29, 1.82) is 0 Å². The fraction of sp³-hybridized carbons (Fsp3) is 0.533. The third-order valence-electron chi connectivity index (χ3n) is 2.71. The molecule has 0 N–H and O–H groups in total. The standard InChI is InChI=1S/C11H14N2.2C2H6/c1-3-11(2)5-4-10-8-12-9-13(10)7-6-11;2*1-2/h4-9H,3H2,1-2H3;2*1-2H3. The normalized spacial score (nSPS) is 20.4. The van der Waals surface area contributed by atoms with Crippen LogP contribution in [-0.2, 0) is 0 Å². The molecule has 1 aromatic heterocycles. The van der Waals surface area contributed by atoms with E-state index in [0.29, 0.717) is 0 Å². The number of hydrogen-bond donors (Lipinski definition) is 0. The molecular formula is C15H26N2. The van der Waals surface area contributed by atoms with Gasteiger partial charge in [0.05, 0.1) is 18.2 Å². The lowest BCUT2D eigenvalue weighted by atomic mass is 9.87. The summed E-state index contributed by atoms with van der Waals surface area (Å²) >= 11 is 0. The van der Waals surface area contributed by atoms with Gasteiger partial charge in [0.15, 0.2) is 0 Å². The summed E-state index contributed by atoms with van der Waals surface area (Å²) in [6, 6.07) is 0. The molecule has 0 spiro atoms. The van der Waals surface area contributed by atoms with Crippen LogP contribution in [0.25, 0.3) is 12.3 Å². The number of allylic oxidation sites excluding steroid dienone is 2. The quantitative estimate of drug-likeness (QED) is 0.679. The van der Waals surface area contributed by atoms with Crippen LogP contribution in [0.5, 0.6) is 0 Å². The SMILES string of the molecule is CC.CC.CCC1(C)C=Cc2cncn2C=C1. The molecule has 2 nitrogen and oxygen atoms in total. The lowest BCUT2D eigenvalue weighted by Crippen LogP contribution is -2.06. The van der Waals surface area contributed by atoms with Crippen LogP contribution in [0.15, 0.2) is 24.7 Å². The number of hydrogen-bond acceptors (Lipinski definition) is 1. The maximum atomic E-state index is 4.08. The van der Waals surface area contributed by atoms with Crippen LogP contribution < -0.4 is 0 Å². The molecule has 0 fully saturated rings. The zero-order valence-corrected chi connectivity index (χ0v) is 12.1. The van der Waals surface area contributed by atoms with Gasteiger partial charge in [-0.1, -0.05) is 53.7 Å². The molecule has 1 aromatic rings. The van der Waals surface area contributed by atoms with E-state index in [1.54, 1.807) is 0 Å². The summed E-state index contributed by atoms with van der Waals surface area (Å²) in [7, 11) is 0. The molecule has 1 atom stereocenters. The number of nitrogens with zero attached hydrogens (tertiary/aromatic N) is 2. The minimum atomic E-state index is 0.193. The maximum absolute atomic E-state index is 4.08. The van der Waals surface area contributed by atoms with Gasteiger partial charge < -0.3 is 4.57 Å². The summed E-state index contributed by atoms with van der Waals surface area (Å²) in [4.78, 5) is 4.08. The van der Waals surface area contributed by atoms with Crippen molar-refractivity contribution < 1.29 is 0 Å². The number of rotatable bonds is 1. The van der Waals surface area contributed by atoms with Crippen LogP contribution in [0, 0.1) is 5.41 Å². The van der Waals surface area contributed by atoms with Gasteiger partial charge in [-0.25, -0.2) is 4.98 Å². The van der Waals surface area contributed by atoms with Gasteiger partial charge in [0.25, 0.3) is 0 Å². The van der Waals surface area contributed by atoms with Crippen molar-refractivity contribution >= 4 is 12.3 Å². The fourth-order valence-corrected chi connectivity index (χ4v) is 1.39. The van der Waals surface area contributed by atoms with Crippen LogP contribution in [0.4, 0.5) is 0 Å². The summed E-state index contributed by atoms with van der Waals surface area (Å²) in [5.41, 5.74) is 1.34. The molecule has 2 heteroatoms. The minimum Gasteiger partial charge on any atom is -0.307 e.